The zero-order chi connectivity index (χ0) is 13.3. The van der Waals surface area contributed by atoms with Gasteiger partial charge in [-0.15, -0.1) is 11.3 Å². The standard InChI is InChI=1S/C14H26N2S/c1-10(13(2,3)4)15-8-11-9-17-12(16-11)14(5,6)7/h9-10,15H,8H2,1-7H3. The third-order valence-corrected chi connectivity index (χ3v) is 4.40. The van der Waals surface area contributed by atoms with E-state index in [1.807, 2.05) is 0 Å². The molecule has 0 radical (unpaired) electrons. The third-order valence-electron chi connectivity index (χ3n) is 3.08. The molecule has 1 aromatic rings. The number of nitrogens with one attached hydrogen (secondary N) is 1. The quantitative estimate of drug-likeness (QED) is 0.883. The molecular weight excluding hydrogens is 228 g/mol. The van der Waals surface area contributed by atoms with Gasteiger partial charge in [-0.3, -0.25) is 0 Å². The minimum absolute atomic E-state index is 0.165. The highest BCUT2D eigenvalue weighted by atomic mass is 32.1. The molecule has 1 N–H and O–H groups in total. The van der Waals surface area contributed by atoms with E-state index in [0.717, 1.165) is 12.2 Å². The van der Waals surface area contributed by atoms with E-state index in [1.165, 1.54) is 5.01 Å². The summed E-state index contributed by atoms with van der Waals surface area (Å²) in [6, 6.07) is 0.488. The molecule has 1 rings (SSSR count). The molecule has 1 unspecified atom stereocenters. The number of hydrogen-bond acceptors (Lipinski definition) is 3. The van der Waals surface area contributed by atoms with E-state index in [4.69, 9.17) is 4.98 Å². The largest absolute Gasteiger partial charge is 0.308 e. The highest BCUT2D eigenvalue weighted by molar-refractivity contribution is 7.09. The predicted molar refractivity (Wildman–Crippen MR) is 76.6 cm³/mol. The lowest BCUT2D eigenvalue weighted by molar-refractivity contribution is 0.284. The van der Waals surface area contributed by atoms with Crippen molar-refractivity contribution in [3.8, 4) is 0 Å². The van der Waals surface area contributed by atoms with Crippen LogP contribution in [0.3, 0.4) is 0 Å². The van der Waals surface area contributed by atoms with Crippen LogP contribution in [-0.4, -0.2) is 11.0 Å². The summed E-state index contributed by atoms with van der Waals surface area (Å²) in [5, 5.41) is 6.94. The van der Waals surface area contributed by atoms with Gasteiger partial charge in [-0.05, 0) is 12.3 Å². The minimum Gasteiger partial charge on any atom is -0.308 e. The average Bonchev–Trinajstić information content (AvgIpc) is 2.59. The molecule has 0 saturated carbocycles. The average molecular weight is 254 g/mol. The number of aromatic nitrogens is 1. The number of nitrogens with zero attached hydrogens (tertiary/aromatic N) is 1. The molecule has 0 fully saturated rings. The van der Waals surface area contributed by atoms with Crippen molar-refractivity contribution in [3.05, 3.63) is 16.1 Å². The van der Waals surface area contributed by atoms with Crippen LogP contribution in [0.25, 0.3) is 0 Å². The Bertz CT molecular complexity index is 355. The number of rotatable bonds is 3. The Morgan fingerprint density at radius 3 is 2.24 bits per heavy atom. The lowest BCUT2D eigenvalue weighted by Gasteiger charge is -2.27. The molecule has 1 heterocycles. The molecular formula is C14H26N2S. The van der Waals surface area contributed by atoms with Gasteiger partial charge in [0.2, 0.25) is 0 Å². The molecule has 0 spiro atoms. The van der Waals surface area contributed by atoms with E-state index in [-0.39, 0.29) is 5.41 Å². The highest BCUT2D eigenvalue weighted by Crippen LogP contribution is 2.26. The molecule has 0 aliphatic heterocycles. The lowest BCUT2D eigenvalue weighted by Crippen LogP contribution is -2.37. The molecule has 3 heteroatoms. The molecule has 17 heavy (non-hydrogen) atoms. The SMILES string of the molecule is CC(NCc1csc(C(C)(C)C)n1)C(C)(C)C. The van der Waals surface area contributed by atoms with Gasteiger partial charge in [0, 0.05) is 23.4 Å². The topological polar surface area (TPSA) is 24.9 Å². The first kappa shape index (κ1) is 14.7. The zero-order valence-corrected chi connectivity index (χ0v) is 13.0. The van der Waals surface area contributed by atoms with Gasteiger partial charge < -0.3 is 5.32 Å². The van der Waals surface area contributed by atoms with Crippen LogP contribution in [0.5, 0.6) is 0 Å². The minimum atomic E-state index is 0.165. The van der Waals surface area contributed by atoms with Crippen molar-refractivity contribution in [2.24, 2.45) is 5.41 Å². The molecule has 1 aromatic heterocycles. The summed E-state index contributed by atoms with van der Waals surface area (Å²) in [6.45, 7) is 16.5. The lowest BCUT2D eigenvalue weighted by atomic mass is 9.88. The Morgan fingerprint density at radius 2 is 1.82 bits per heavy atom. The Kier molecular flexibility index (Phi) is 4.37. The summed E-state index contributed by atoms with van der Waals surface area (Å²) in [4.78, 5) is 4.69. The predicted octanol–water partition coefficient (Wildman–Crippen LogP) is 3.96. The summed E-state index contributed by atoms with van der Waals surface area (Å²) in [5.41, 5.74) is 1.62. The summed E-state index contributed by atoms with van der Waals surface area (Å²) in [7, 11) is 0. The Balaban J connectivity index is 2.57. The van der Waals surface area contributed by atoms with E-state index in [2.05, 4.69) is 59.2 Å². The summed E-state index contributed by atoms with van der Waals surface area (Å²) in [5.74, 6) is 0. The van der Waals surface area contributed by atoms with Crippen molar-refractivity contribution in [1.29, 1.82) is 0 Å². The van der Waals surface area contributed by atoms with Crippen molar-refractivity contribution < 1.29 is 0 Å². The van der Waals surface area contributed by atoms with E-state index >= 15 is 0 Å². The molecule has 0 aliphatic rings. The molecule has 0 saturated heterocycles. The fourth-order valence-corrected chi connectivity index (χ4v) is 2.20. The van der Waals surface area contributed by atoms with E-state index in [9.17, 15) is 0 Å². The van der Waals surface area contributed by atoms with Gasteiger partial charge in [0.15, 0.2) is 0 Å². The molecule has 98 valence electrons. The van der Waals surface area contributed by atoms with Crippen LogP contribution in [0.15, 0.2) is 5.38 Å². The fourth-order valence-electron chi connectivity index (χ4n) is 1.30. The summed E-state index contributed by atoms with van der Waals surface area (Å²) >= 11 is 1.76. The summed E-state index contributed by atoms with van der Waals surface area (Å²) in [6.07, 6.45) is 0. The van der Waals surface area contributed by atoms with Crippen molar-refractivity contribution in [2.75, 3.05) is 0 Å². The van der Waals surface area contributed by atoms with E-state index < -0.39 is 0 Å². The van der Waals surface area contributed by atoms with Gasteiger partial charge in [-0.1, -0.05) is 41.5 Å². The van der Waals surface area contributed by atoms with Crippen LogP contribution in [-0.2, 0) is 12.0 Å². The maximum absolute atomic E-state index is 4.69. The van der Waals surface area contributed by atoms with Crippen LogP contribution in [0, 0.1) is 5.41 Å². The van der Waals surface area contributed by atoms with Crippen molar-refractivity contribution >= 4 is 11.3 Å². The first-order chi connectivity index (χ1) is 7.60. The zero-order valence-electron chi connectivity index (χ0n) is 12.2. The monoisotopic (exact) mass is 254 g/mol. The Morgan fingerprint density at radius 1 is 1.24 bits per heavy atom. The number of hydrogen-bond donors (Lipinski definition) is 1. The molecule has 2 nitrogen and oxygen atoms in total. The number of thiazole rings is 1. The smallest absolute Gasteiger partial charge is 0.0982 e. The van der Waals surface area contributed by atoms with Gasteiger partial charge in [-0.25, -0.2) is 4.98 Å². The highest BCUT2D eigenvalue weighted by Gasteiger charge is 2.21. The van der Waals surface area contributed by atoms with E-state index in [1.54, 1.807) is 11.3 Å². The first-order valence-electron chi connectivity index (χ1n) is 6.29. The van der Waals surface area contributed by atoms with E-state index in [0.29, 0.717) is 11.5 Å². The van der Waals surface area contributed by atoms with Gasteiger partial charge in [-0.2, -0.15) is 0 Å². The van der Waals surface area contributed by atoms with Crippen LogP contribution in [0.4, 0.5) is 0 Å². The van der Waals surface area contributed by atoms with Crippen LogP contribution in [0.1, 0.15) is 59.2 Å². The van der Waals surface area contributed by atoms with Crippen molar-refractivity contribution in [2.45, 2.75) is 66.5 Å². The van der Waals surface area contributed by atoms with Crippen molar-refractivity contribution in [3.63, 3.8) is 0 Å². The van der Waals surface area contributed by atoms with Gasteiger partial charge in [0.05, 0.1) is 10.7 Å². The van der Waals surface area contributed by atoms with Crippen LogP contribution < -0.4 is 5.32 Å². The van der Waals surface area contributed by atoms with Crippen LogP contribution in [0.2, 0.25) is 0 Å². The Labute approximate surface area is 110 Å². The third kappa shape index (κ3) is 4.40. The van der Waals surface area contributed by atoms with Crippen LogP contribution >= 0.6 is 11.3 Å². The van der Waals surface area contributed by atoms with Gasteiger partial charge in [0.25, 0.3) is 0 Å². The molecule has 0 bridgehead atoms. The second-order valence-corrected chi connectivity index (χ2v) is 7.72. The molecule has 0 amide bonds. The van der Waals surface area contributed by atoms with Gasteiger partial charge in [0.1, 0.15) is 0 Å². The second kappa shape index (κ2) is 5.07. The van der Waals surface area contributed by atoms with Crippen molar-refractivity contribution in [1.82, 2.24) is 10.3 Å². The second-order valence-electron chi connectivity index (χ2n) is 6.86. The van der Waals surface area contributed by atoms with Gasteiger partial charge >= 0.3 is 0 Å². The molecule has 0 aliphatic carbocycles. The molecule has 0 aromatic carbocycles. The maximum atomic E-state index is 4.69. The molecule has 1 atom stereocenters. The normalized spacial score (nSPS) is 15.0. The maximum Gasteiger partial charge on any atom is 0.0982 e. The first-order valence-corrected chi connectivity index (χ1v) is 7.17. The fraction of sp³-hybridized carbons (Fsp3) is 0.786. The summed E-state index contributed by atoms with van der Waals surface area (Å²) < 4.78 is 0. The Hall–Kier alpha value is -0.410.